The van der Waals surface area contributed by atoms with Crippen LogP contribution in [-0.2, 0) is 0 Å². The van der Waals surface area contributed by atoms with Gasteiger partial charge in [-0.2, -0.15) is 0 Å². The molecule has 1 aliphatic heterocycles. The van der Waals surface area contributed by atoms with Crippen molar-refractivity contribution >= 4 is 12.5 Å². The topological polar surface area (TPSA) is 62.6 Å². The molecule has 2 rings (SSSR count). The number of ether oxygens (including phenoxy) is 1. The molecule has 1 saturated heterocycles. The van der Waals surface area contributed by atoms with Gasteiger partial charge in [0.05, 0.1) is 0 Å². The maximum absolute atomic E-state index is 5.85. The van der Waals surface area contributed by atoms with E-state index in [1.807, 2.05) is 26.1 Å². The molecule has 1 fully saturated rings. The Kier molecular flexibility index (Phi) is 6.09. The second-order valence-electron chi connectivity index (χ2n) is 5.06. The number of likely N-dealkylation sites (N-methyl/N-ethyl adjacent to an activating group) is 1. The summed E-state index contributed by atoms with van der Waals surface area (Å²) in [6.45, 7) is 7.69. The highest BCUT2D eigenvalue weighted by atomic mass is 16.5. The molecule has 6 nitrogen and oxygen atoms in total. The van der Waals surface area contributed by atoms with E-state index in [4.69, 9.17) is 4.74 Å². The van der Waals surface area contributed by atoms with Crippen LogP contribution in [0.3, 0.4) is 0 Å². The van der Waals surface area contributed by atoms with Gasteiger partial charge >= 0.3 is 0 Å². The van der Waals surface area contributed by atoms with Gasteiger partial charge in [0.15, 0.2) is 5.82 Å². The summed E-state index contributed by atoms with van der Waals surface area (Å²) < 4.78 is 5.85. The van der Waals surface area contributed by atoms with Crippen molar-refractivity contribution in [1.82, 2.24) is 15.3 Å². The molecule has 0 spiro atoms. The highest BCUT2D eigenvalue weighted by molar-refractivity contribution is 5.49. The van der Waals surface area contributed by atoms with Gasteiger partial charge in [-0.3, -0.25) is 4.99 Å². The Bertz CT molecular complexity index is 555. The van der Waals surface area contributed by atoms with Crippen LogP contribution in [-0.4, -0.2) is 49.5 Å². The van der Waals surface area contributed by atoms with Crippen molar-refractivity contribution in [3.8, 4) is 5.88 Å². The molecule has 1 N–H and O–H groups in total. The summed E-state index contributed by atoms with van der Waals surface area (Å²) in [6.07, 6.45) is 9.95. The number of hydrogen-bond donors (Lipinski definition) is 1. The summed E-state index contributed by atoms with van der Waals surface area (Å²) in [5.74, 6) is 1.38. The highest BCUT2D eigenvalue weighted by Gasteiger charge is 2.25. The third-order valence-electron chi connectivity index (χ3n) is 3.68. The van der Waals surface area contributed by atoms with Gasteiger partial charge in [-0.15, -0.1) is 0 Å². The quantitative estimate of drug-likeness (QED) is 0.615. The zero-order valence-corrected chi connectivity index (χ0v) is 13.2. The molecule has 1 aromatic heterocycles. The SMILES string of the molecule is C=N/C=C\C(=C/C)COc1nccnc1N1CCC(NC)C1. The molecule has 6 heteroatoms. The van der Waals surface area contributed by atoms with Crippen LogP contribution in [0.2, 0.25) is 0 Å². The largest absolute Gasteiger partial charge is 0.470 e. The summed E-state index contributed by atoms with van der Waals surface area (Å²) >= 11 is 0. The Morgan fingerprint density at radius 3 is 3.05 bits per heavy atom. The number of aromatic nitrogens is 2. The molecule has 0 amide bonds. The smallest absolute Gasteiger partial charge is 0.257 e. The van der Waals surface area contributed by atoms with Crippen molar-refractivity contribution in [2.75, 3.05) is 31.6 Å². The molecule has 0 bridgehead atoms. The van der Waals surface area contributed by atoms with Crippen LogP contribution in [0.15, 0.2) is 41.3 Å². The first-order valence-electron chi connectivity index (χ1n) is 7.42. The average molecular weight is 301 g/mol. The number of nitrogens with zero attached hydrogens (tertiary/aromatic N) is 4. The maximum Gasteiger partial charge on any atom is 0.257 e. The monoisotopic (exact) mass is 301 g/mol. The molecule has 2 heterocycles. The summed E-state index contributed by atoms with van der Waals surface area (Å²) in [5.41, 5.74) is 1.01. The minimum Gasteiger partial charge on any atom is -0.470 e. The number of nitrogens with one attached hydrogen (secondary N) is 1. The Balaban J connectivity index is 2.05. The average Bonchev–Trinajstić information content (AvgIpc) is 3.04. The molecular weight excluding hydrogens is 278 g/mol. The third-order valence-corrected chi connectivity index (χ3v) is 3.68. The van der Waals surface area contributed by atoms with E-state index in [1.165, 1.54) is 0 Å². The first kappa shape index (κ1) is 16.2. The van der Waals surface area contributed by atoms with Crippen molar-refractivity contribution in [1.29, 1.82) is 0 Å². The second-order valence-corrected chi connectivity index (χ2v) is 5.06. The summed E-state index contributed by atoms with van der Waals surface area (Å²) in [5, 5.41) is 3.30. The van der Waals surface area contributed by atoms with E-state index >= 15 is 0 Å². The number of rotatable bonds is 7. The van der Waals surface area contributed by atoms with E-state index in [2.05, 4.69) is 31.9 Å². The van der Waals surface area contributed by atoms with Gasteiger partial charge in [-0.25, -0.2) is 9.97 Å². The molecule has 1 unspecified atom stereocenters. The van der Waals surface area contributed by atoms with E-state index in [1.54, 1.807) is 18.6 Å². The van der Waals surface area contributed by atoms with Gasteiger partial charge in [0.25, 0.3) is 5.88 Å². The van der Waals surface area contributed by atoms with E-state index in [0.717, 1.165) is 30.9 Å². The van der Waals surface area contributed by atoms with Crippen LogP contribution in [0.4, 0.5) is 5.82 Å². The van der Waals surface area contributed by atoms with Crippen LogP contribution in [0.1, 0.15) is 13.3 Å². The van der Waals surface area contributed by atoms with E-state index in [9.17, 15) is 0 Å². The van der Waals surface area contributed by atoms with Crippen LogP contribution < -0.4 is 15.0 Å². The van der Waals surface area contributed by atoms with Crippen LogP contribution in [0.5, 0.6) is 5.88 Å². The van der Waals surface area contributed by atoms with Crippen LogP contribution in [0, 0.1) is 0 Å². The van der Waals surface area contributed by atoms with Crippen LogP contribution >= 0.6 is 0 Å². The van der Waals surface area contributed by atoms with Crippen molar-refractivity contribution in [3.05, 3.63) is 36.3 Å². The van der Waals surface area contributed by atoms with Crippen molar-refractivity contribution in [3.63, 3.8) is 0 Å². The minimum absolute atomic E-state index is 0.428. The Morgan fingerprint density at radius 1 is 1.55 bits per heavy atom. The molecule has 0 radical (unpaired) electrons. The van der Waals surface area contributed by atoms with E-state index in [0.29, 0.717) is 18.5 Å². The lowest BCUT2D eigenvalue weighted by atomic mass is 10.2. The normalized spacial score (nSPS) is 18.9. The Hall–Kier alpha value is -2.21. The van der Waals surface area contributed by atoms with E-state index in [-0.39, 0.29) is 0 Å². The lowest BCUT2D eigenvalue weighted by molar-refractivity contribution is 0.340. The first-order valence-corrected chi connectivity index (χ1v) is 7.42. The molecule has 1 aliphatic rings. The lowest BCUT2D eigenvalue weighted by Gasteiger charge is -2.19. The Labute approximate surface area is 131 Å². The van der Waals surface area contributed by atoms with Crippen molar-refractivity contribution < 1.29 is 4.74 Å². The van der Waals surface area contributed by atoms with Crippen LogP contribution in [0.25, 0.3) is 0 Å². The number of anilines is 1. The fourth-order valence-corrected chi connectivity index (χ4v) is 2.35. The summed E-state index contributed by atoms with van der Waals surface area (Å²) in [6, 6.07) is 0.488. The molecular formula is C16H23N5O. The molecule has 22 heavy (non-hydrogen) atoms. The number of allylic oxidation sites excluding steroid dienone is 1. The predicted octanol–water partition coefficient (Wildman–Crippen LogP) is 1.81. The molecule has 1 aromatic rings. The van der Waals surface area contributed by atoms with Gasteiger partial charge in [0.1, 0.15) is 6.61 Å². The van der Waals surface area contributed by atoms with Gasteiger partial charge in [0.2, 0.25) is 0 Å². The molecule has 118 valence electrons. The van der Waals surface area contributed by atoms with E-state index < -0.39 is 0 Å². The van der Waals surface area contributed by atoms with Gasteiger partial charge in [-0.1, -0.05) is 6.08 Å². The van der Waals surface area contributed by atoms with Crippen molar-refractivity contribution in [2.24, 2.45) is 4.99 Å². The maximum atomic E-state index is 5.85. The van der Waals surface area contributed by atoms with Crippen molar-refractivity contribution in [2.45, 2.75) is 19.4 Å². The summed E-state index contributed by atoms with van der Waals surface area (Å²) in [4.78, 5) is 14.7. The molecule has 0 saturated carbocycles. The van der Waals surface area contributed by atoms with Gasteiger partial charge in [-0.05, 0) is 38.8 Å². The zero-order chi connectivity index (χ0) is 15.8. The molecule has 0 aliphatic carbocycles. The lowest BCUT2D eigenvalue weighted by Crippen LogP contribution is -2.30. The summed E-state index contributed by atoms with van der Waals surface area (Å²) in [7, 11) is 1.99. The molecule has 1 atom stereocenters. The highest BCUT2D eigenvalue weighted by Crippen LogP contribution is 2.26. The number of hydrogen-bond acceptors (Lipinski definition) is 6. The van der Waals surface area contributed by atoms with Gasteiger partial charge in [0, 0.05) is 37.7 Å². The predicted molar refractivity (Wildman–Crippen MR) is 89.7 cm³/mol. The number of aliphatic imine (C=N–C) groups is 1. The van der Waals surface area contributed by atoms with Gasteiger partial charge < -0.3 is 15.0 Å². The fourth-order valence-electron chi connectivity index (χ4n) is 2.35. The Morgan fingerprint density at radius 2 is 2.36 bits per heavy atom. The zero-order valence-electron chi connectivity index (χ0n) is 13.2. The first-order chi connectivity index (χ1) is 10.8. The third kappa shape index (κ3) is 4.14. The minimum atomic E-state index is 0.428. The standard InChI is InChI=1S/C16H23N5O/c1-4-13(5-7-17-2)12-22-16-15(19-8-9-20-16)21-10-6-14(11-21)18-3/h4-5,7-9,14,18H,2,6,10-12H2,1,3H3/b7-5-,13-4+. The fraction of sp³-hybridized carbons (Fsp3) is 0.438. The second kappa shape index (κ2) is 8.29. The molecule has 0 aromatic carbocycles.